The number of rotatable bonds is 5. The highest BCUT2D eigenvalue weighted by atomic mass is 16.5. The second-order valence-electron chi connectivity index (χ2n) is 6.90. The molecule has 2 heterocycles. The fourth-order valence-corrected chi connectivity index (χ4v) is 3.49. The highest BCUT2D eigenvalue weighted by molar-refractivity contribution is 5.83. The lowest BCUT2D eigenvalue weighted by Gasteiger charge is -2.33. The minimum atomic E-state index is 0.131. The van der Waals surface area contributed by atoms with Crippen molar-refractivity contribution >= 4 is 16.7 Å². The van der Waals surface area contributed by atoms with E-state index in [2.05, 4.69) is 22.5 Å². The Morgan fingerprint density at radius 3 is 2.93 bits per heavy atom. The van der Waals surface area contributed by atoms with Crippen LogP contribution in [-0.2, 0) is 11.8 Å². The van der Waals surface area contributed by atoms with Gasteiger partial charge in [-0.2, -0.15) is 5.10 Å². The van der Waals surface area contributed by atoms with Gasteiger partial charge in [0.25, 0.3) is 0 Å². The Morgan fingerprint density at radius 2 is 2.11 bits per heavy atom. The fraction of sp³-hybridized carbons (Fsp3) is 0.333. The minimum absolute atomic E-state index is 0.131. The molecule has 1 aromatic heterocycles. The van der Waals surface area contributed by atoms with Crippen LogP contribution in [-0.4, -0.2) is 46.8 Å². The summed E-state index contributed by atoms with van der Waals surface area (Å²) in [7, 11) is 1.90. The SMILES string of the molecule is Cn1cc(C2CN(C(=O)CCOc3ccc4ccccc4c3)CCN2)cn1. The molecular weight excluding hydrogens is 340 g/mol. The summed E-state index contributed by atoms with van der Waals surface area (Å²) in [6.07, 6.45) is 4.23. The van der Waals surface area contributed by atoms with E-state index < -0.39 is 0 Å². The summed E-state index contributed by atoms with van der Waals surface area (Å²) in [6, 6.07) is 14.3. The highest BCUT2D eigenvalue weighted by Crippen LogP contribution is 2.21. The number of fused-ring (bicyclic) bond motifs is 1. The number of amides is 1. The predicted octanol–water partition coefficient (Wildman–Crippen LogP) is 2.52. The molecule has 1 atom stereocenters. The molecule has 0 aliphatic carbocycles. The molecule has 0 saturated carbocycles. The van der Waals surface area contributed by atoms with Gasteiger partial charge in [-0.25, -0.2) is 0 Å². The molecule has 1 N–H and O–H groups in total. The smallest absolute Gasteiger partial charge is 0.226 e. The number of carbonyl (C=O) groups excluding carboxylic acids is 1. The Labute approximate surface area is 158 Å². The lowest BCUT2D eigenvalue weighted by molar-refractivity contribution is -0.132. The van der Waals surface area contributed by atoms with E-state index in [0.717, 1.165) is 29.8 Å². The Bertz CT molecular complexity index is 937. The van der Waals surface area contributed by atoms with E-state index >= 15 is 0 Å². The van der Waals surface area contributed by atoms with Crippen LogP contribution >= 0.6 is 0 Å². The molecule has 1 aliphatic rings. The number of aromatic nitrogens is 2. The first-order valence-corrected chi connectivity index (χ1v) is 9.30. The third kappa shape index (κ3) is 4.11. The number of nitrogens with zero attached hydrogens (tertiary/aromatic N) is 3. The van der Waals surface area contributed by atoms with Gasteiger partial charge in [0.15, 0.2) is 0 Å². The summed E-state index contributed by atoms with van der Waals surface area (Å²) in [5.41, 5.74) is 1.11. The quantitative estimate of drug-likeness (QED) is 0.756. The van der Waals surface area contributed by atoms with E-state index in [-0.39, 0.29) is 11.9 Å². The number of carbonyl (C=O) groups is 1. The van der Waals surface area contributed by atoms with Crippen LogP contribution in [0.15, 0.2) is 54.9 Å². The maximum Gasteiger partial charge on any atom is 0.226 e. The van der Waals surface area contributed by atoms with Gasteiger partial charge in [0.2, 0.25) is 5.91 Å². The van der Waals surface area contributed by atoms with Crippen LogP contribution in [0.25, 0.3) is 10.8 Å². The molecule has 1 saturated heterocycles. The third-order valence-corrected chi connectivity index (χ3v) is 4.96. The molecule has 1 fully saturated rings. The van der Waals surface area contributed by atoms with Crippen LogP contribution in [0.5, 0.6) is 5.75 Å². The van der Waals surface area contributed by atoms with Crippen molar-refractivity contribution in [2.45, 2.75) is 12.5 Å². The van der Waals surface area contributed by atoms with E-state index in [1.54, 1.807) is 4.68 Å². The van der Waals surface area contributed by atoms with Gasteiger partial charge in [-0.15, -0.1) is 0 Å². The molecule has 1 amide bonds. The zero-order chi connectivity index (χ0) is 18.6. The van der Waals surface area contributed by atoms with Crippen LogP contribution in [0, 0.1) is 0 Å². The first-order chi connectivity index (χ1) is 13.2. The second kappa shape index (κ2) is 7.80. The summed E-state index contributed by atoms with van der Waals surface area (Å²) in [5.74, 6) is 0.932. The Hall–Kier alpha value is -2.86. The van der Waals surface area contributed by atoms with E-state index in [4.69, 9.17) is 4.74 Å². The zero-order valence-corrected chi connectivity index (χ0v) is 15.5. The number of hydrogen-bond donors (Lipinski definition) is 1. The molecule has 6 nitrogen and oxygen atoms in total. The van der Waals surface area contributed by atoms with Gasteiger partial charge in [0.1, 0.15) is 5.75 Å². The van der Waals surface area contributed by atoms with Crippen molar-refractivity contribution in [3.05, 3.63) is 60.4 Å². The average Bonchev–Trinajstić information content (AvgIpc) is 3.14. The molecule has 1 aliphatic heterocycles. The lowest BCUT2D eigenvalue weighted by Crippen LogP contribution is -2.48. The molecule has 3 aromatic rings. The van der Waals surface area contributed by atoms with Gasteiger partial charge in [-0.1, -0.05) is 30.3 Å². The van der Waals surface area contributed by atoms with E-state index in [1.807, 2.05) is 54.7 Å². The number of nitrogens with one attached hydrogen (secondary N) is 1. The van der Waals surface area contributed by atoms with Crippen molar-refractivity contribution < 1.29 is 9.53 Å². The molecule has 0 bridgehead atoms. The molecule has 2 aromatic carbocycles. The molecule has 27 heavy (non-hydrogen) atoms. The standard InChI is InChI=1S/C21H24N4O2/c1-24-14-18(13-23-24)20-15-25(10-9-22-20)21(26)8-11-27-19-7-6-16-4-2-3-5-17(16)12-19/h2-7,12-14,20,22H,8-11,15H2,1H3. The van der Waals surface area contributed by atoms with Crippen molar-refractivity contribution in [1.82, 2.24) is 20.0 Å². The molecule has 1 unspecified atom stereocenters. The van der Waals surface area contributed by atoms with Crippen molar-refractivity contribution in [3.8, 4) is 5.75 Å². The van der Waals surface area contributed by atoms with Crippen LogP contribution < -0.4 is 10.1 Å². The number of ether oxygens (including phenoxy) is 1. The summed E-state index contributed by atoms with van der Waals surface area (Å²) in [6.45, 7) is 2.57. The molecular formula is C21H24N4O2. The van der Waals surface area contributed by atoms with Crippen molar-refractivity contribution in [3.63, 3.8) is 0 Å². The lowest BCUT2D eigenvalue weighted by atomic mass is 10.1. The molecule has 0 spiro atoms. The fourth-order valence-electron chi connectivity index (χ4n) is 3.49. The summed E-state index contributed by atoms with van der Waals surface area (Å²) < 4.78 is 7.60. The highest BCUT2D eigenvalue weighted by Gasteiger charge is 2.24. The second-order valence-corrected chi connectivity index (χ2v) is 6.90. The van der Waals surface area contributed by atoms with Gasteiger partial charge in [-0.3, -0.25) is 9.48 Å². The third-order valence-electron chi connectivity index (χ3n) is 4.96. The number of piperazine rings is 1. The van der Waals surface area contributed by atoms with Gasteiger partial charge in [-0.05, 0) is 22.9 Å². The van der Waals surface area contributed by atoms with Crippen LogP contribution in [0.3, 0.4) is 0 Å². The number of hydrogen-bond acceptors (Lipinski definition) is 4. The van der Waals surface area contributed by atoms with E-state index in [1.165, 1.54) is 5.39 Å². The normalized spacial score (nSPS) is 17.2. The van der Waals surface area contributed by atoms with Crippen LogP contribution in [0.2, 0.25) is 0 Å². The summed E-state index contributed by atoms with van der Waals surface area (Å²) >= 11 is 0. The van der Waals surface area contributed by atoms with Crippen LogP contribution in [0.4, 0.5) is 0 Å². The van der Waals surface area contributed by atoms with Gasteiger partial charge in [0, 0.05) is 38.4 Å². The van der Waals surface area contributed by atoms with E-state index in [0.29, 0.717) is 19.6 Å². The Kier molecular flexibility index (Phi) is 5.07. The predicted molar refractivity (Wildman–Crippen MR) is 105 cm³/mol. The maximum absolute atomic E-state index is 12.6. The van der Waals surface area contributed by atoms with E-state index in [9.17, 15) is 4.79 Å². The molecule has 140 valence electrons. The van der Waals surface area contributed by atoms with Gasteiger partial charge in [0.05, 0.1) is 25.3 Å². The monoisotopic (exact) mass is 364 g/mol. The van der Waals surface area contributed by atoms with Crippen LogP contribution in [0.1, 0.15) is 18.0 Å². The van der Waals surface area contributed by atoms with Crippen molar-refractivity contribution in [2.75, 3.05) is 26.2 Å². The molecule has 4 rings (SSSR count). The molecule has 0 radical (unpaired) electrons. The summed E-state index contributed by atoms with van der Waals surface area (Å²) in [4.78, 5) is 14.5. The van der Waals surface area contributed by atoms with Gasteiger partial charge >= 0.3 is 0 Å². The van der Waals surface area contributed by atoms with Crippen molar-refractivity contribution in [2.24, 2.45) is 7.05 Å². The number of benzene rings is 2. The Morgan fingerprint density at radius 1 is 1.26 bits per heavy atom. The summed E-state index contributed by atoms with van der Waals surface area (Å²) in [5, 5.41) is 10.00. The largest absolute Gasteiger partial charge is 0.493 e. The first-order valence-electron chi connectivity index (χ1n) is 9.30. The topological polar surface area (TPSA) is 59.4 Å². The zero-order valence-electron chi connectivity index (χ0n) is 15.5. The Balaban J connectivity index is 1.30. The minimum Gasteiger partial charge on any atom is -0.493 e. The number of aryl methyl sites for hydroxylation is 1. The van der Waals surface area contributed by atoms with Gasteiger partial charge < -0.3 is 15.0 Å². The average molecular weight is 364 g/mol. The molecule has 6 heteroatoms. The van der Waals surface area contributed by atoms with Crippen molar-refractivity contribution in [1.29, 1.82) is 0 Å². The first kappa shape index (κ1) is 17.5. The maximum atomic E-state index is 12.6.